The summed E-state index contributed by atoms with van der Waals surface area (Å²) in [5.41, 5.74) is 0.891. The van der Waals surface area contributed by atoms with Gasteiger partial charge >= 0.3 is 0 Å². The first kappa shape index (κ1) is 14.4. The largest absolute Gasteiger partial charge is 0.118 e. The van der Waals surface area contributed by atoms with Gasteiger partial charge in [-0.25, -0.2) is 0 Å². The maximum absolute atomic E-state index is 6.11. The summed E-state index contributed by atoms with van der Waals surface area (Å²) in [6, 6.07) is 10.9. The molecular formula is C13H8Cl4S. The van der Waals surface area contributed by atoms with Gasteiger partial charge in [0.25, 0.3) is 0 Å². The molecule has 0 heterocycles. The molecule has 0 bridgehead atoms. The highest BCUT2D eigenvalue weighted by atomic mass is 35.5. The summed E-state index contributed by atoms with van der Waals surface area (Å²) >= 11 is 26.0. The lowest BCUT2D eigenvalue weighted by Gasteiger charge is -2.09. The summed E-state index contributed by atoms with van der Waals surface area (Å²) in [6.45, 7) is 0. The topological polar surface area (TPSA) is 0 Å². The van der Waals surface area contributed by atoms with Gasteiger partial charge in [0.15, 0.2) is 0 Å². The molecule has 0 aliphatic rings. The molecule has 0 radical (unpaired) electrons. The van der Waals surface area contributed by atoms with E-state index >= 15 is 0 Å². The third-order valence-electron chi connectivity index (χ3n) is 2.34. The Morgan fingerprint density at radius 3 is 1.67 bits per heavy atom. The van der Waals surface area contributed by atoms with E-state index in [-0.39, 0.29) is 0 Å². The molecular weight excluding hydrogens is 330 g/mol. The van der Waals surface area contributed by atoms with Crippen LogP contribution in [0.4, 0.5) is 0 Å². The number of thioether (sulfide) groups is 1. The second kappa shape index (κ2) is 6.40. The second-order valence-corrected chi connectivity index (χ2v) is 6.15. The first-order valence-electron chi connectivity index (χ1n) is 5.09. The van der Waals surface area contributed by atoms with Gasteiger partial charge in [-0.2, -0.15) is 0 Å². The third kappa shape index (κ3) is 3.28. The van der Waals surface area contributed by atoms with E-state index in [1.807, 2.05) is 36.4 Å². The van der Waals surface area contributed by atoms with Crippen molar-refractivity contribution in [2.24, 2.45) is 0 Å². The van der Waals surface area contributed by atoms with E-state index in [4.69, 9.17) is 46.4 Å². The first-order valence-corrected chi connectivity index (χ1v) is 7.59. The van der Waals surface area contributed by atoms with E-state index in [0.29, 0.717) is 25.8 Å². The SMILES string of the molecule is Clc1cccc(Cl)c1CSc1c(Cl)cccc1Cl. The normalized spacial score (nSPS) is 10.7. The van der Waals surface area contributed by atoms with Gasteiger partial charge in [0.1, 0.15) is 0 Å². The predicted octanol–water partition coefficient (Wildman–Crippen LogP) is 6.59. The zero-order chi connectivity index (χ0) is 13.1. The van der Waals surface area contributed by atoms with Crippen molar-refractivity contribution in [2.75, 3.05) is 0 Å². The van der Waals surface area contributed by atoms with Crippen LogP contribution in [0, 0.1) is 0 Å². The number of rotatable bonds is 3. The molecule has 5 heteroatoms. The molecule has 0 saturated carbocycles. The average Bonchev–Trinajstić information content (AvgIpc) is 2.31. The summed E-state index contributed by atoms with van der Waals surface area (Å²) in [7, 11) is 0. The lowest BCUT2D eigenvalue weighted by Crippen LogP contribution is -1.86. The van der Waals surface area contributed by atoms with Crippen molar-refractivity contribution in [3.8, 4) is 0 Å². The minimum atomic E-state index is 0.627. The van der Waals surface area contributed by atoms with Gasteiger partial charge in [-0.1, -0.05) is 58.5 Å². The maximum atomic E-state index is 6.11. The average molecular weight is 338 g/mol. The Kier molecular flexibility index (Phi) is 5.11. The fraction of sp³-hybridized carbons (Fsp3) is 0.0769. The highest BCUT2D eigenvalue weighted by Crippen LogP contribution is 2.38. The van der Waals surface area contributed by atoms with Crippen molar-refractivity contribution in [2.45, 2.75) is 10.6 Å². The molecule has 0 aliphatic carbocycles. The molecule has 0 atom stereocenters. The van der Waals surface area contributed by atoms with Crippen molar-refractivity contribution in [3.63, 3.8) is 0 Å². The van der Waals surface area contributed by atoms with E-state index in [2.05, 4.69) is 0 Å². The molecule has 2 aromatic carbocycles. The Labute approximate surface area is 130 Å². The summed E-state index contributed by atoms with van der Waals surface area (Å²) in [6.07, 6.45) is 0. The Hall–Kier alpha value is -0.0500. The molecule has 0 saturated heterocycles. The van der Waals surface area contributed by atoms with Gasteiger partial charge in [-0.3, -0.25) is 0 Å². The summed E-state index contributed by atoms with van der Waals surface area (Å²) < 4.78 is 0. The lowest BCUT2D eigenvalue weighted by atomic mass is 10.2. The molecule has 2 aromatic rings. The zero-order valence-corrected chi connectivity index (χ0v) is 12.9. The number of halogens is 4. The minimum absolute atomic E-state index is 0.627. The summed E-state index contributed by atoms with van der Waals surface area (Å²) in [4.78, 5) is 0.844. The fourth-order valence-electron chi connectivity index (χ4n) is 1.43. The molecule has 0 nitrogen and oxygen atoms in total. The molecule has 2 rings (SSSR count). The van der Waals surface area contributed by atoms with Gasteiger partial charge in [0.2, 0.25) is 0 Å². The highest BCUT2D eigenvalue weighted by molar-refractivity contribution is 7.98. The van der Waals surface area contributed by atoms with Gasteiger partial charge < -0.3 is 0 Å². The van der Waals surface area contributed by atoms with Gasteiger partial charge in [-0.15, -0.1) is 11.8 Å². The quantitative estimate of drug-likeness (QED) is 0.569. The molecule has 18 heavy (non-hydrogen) atoms. The Morgan fingerprint density at radius 1 is 0.722 bits per heavy atom. The van der Waals surface area contributed by atoms with Crippen LogP contribution in [0.25, 0.3) is 0 Å². The number of hydrogen-bond donors (Lipinski definition) is 0. The van der Waals surface area contributed by atoms with Crippen LogP contribution in [0.3, 0.4) is 0 Å². The Bertz CT molecular complexity index is 477. The molecule has 0 amide bonds. The van der Waals surface area contributed by atoms with E-state index < -0.39 is 0 Å². The highest BCUT2D eigenvalue weighted by Gasteiger charge is 2.10. The summed E-state index contributed by atoms with van der Waals surface area (Å²) in [5, 5.41) is 2.57. The van der Waals surface area contributed by atoms with Crippen molar-refractivity contribution in [3.05, 3.63) is 62.1 Å². The van der Waals surface area contributed by atoms with Crippen LogP contribution in [0.1, 0.15) is 5.56 Å². The van der Waals surface area contributed by atoms with E-state index in [0.717, 1.165) is 10.5 Å². The number of hydrogen-bond acceptors (Lipinski definition) is 1. The van der Waals surface area contributed by atoms with Crippen LogP contribution >= 0.6 is 58.2 Å². The predicted molar refractivity (Wildman–Crippen MR) is 82.5 cm³/mol. The van der Waals surface area contributed by atoms with Gasteiger partial charge in [0, 0.05) is 20.7 Å². The van der Waals surface area contributed by atoms with E-state index in [1.54, 1.807) is 0 Å². The maximum Gasteiger partial charge on any atom is 0.0557 e. The molecule has 94 valence electrons. The van der Waals surface area contributed by atoms with Crippen molar-refractivity contribution in [1.29, 1.82) is 0 Å². The molecule has 0 aromatic heterocycles. The van der Waals surface area contributed by atoms with E-state index in [9.17, 15) is 0 Å². The second-order valence-electron chi connectivity index (χ2n) is 3.54. The van der Waals surface area contributed by atoms with Crippen molar-refractivity contribution in [1.82, 2.24) is 0 Å². The van der Waals surface area contributed by atoms with Crippen molar-refractivity contribution < 1.29 is 0 Å². The molecule has 0 unspecified atom stereocenters. The fourth-order valence-corrected chi connectivity index (χ4v) is 3.86. The number of benzene rings is 2. The smallest absolute Gasteiger partial charge is 0.0557 e. The minimum Gasteiger partial charge on any atom is -0.118 e. The Balaban J connectivity index is 2.22. The molecule has 0 N–H and O–H groups in total. The first-order chi connectivity index (χ1) is 8.59. The van der Waals surface area contributed by atoms with Crippen LogP contribution in [0.5, 0.6) is 0 Å². The van der Waals surface area contributed by atoms with Crippen LogP contribution in [-0.2, 0) is 5.75 Å². The standard InChI is InChI=1S/C13H8Cl4S/c14-9-3-1-4-10(15)8(9)7-18-13-11(16)5-2-6-12(13)17/h1-6H,7H2. The monoisotopic (exact) mass is 336 g/mol. The van der Waals surface area contributed by atoms with Crippen molar-refractivity contribution >= 4 is 58.2 Å². The third-order valence-corrected chi connectivity index (χ3v) is 5.07. The van der Waals surface area contributed by atoms with Gasteiger partial charge in [-0.05, 0) is 29.8 Å². The molecule has 0 aliphatic heterocycles. The van der Waals surface area contributed by atoms with Crippen LogP contribution in [0.2, 0.25) is 20.1 Å². The molecule has 0 fully saturated rings. The van der Waals surface area contributed by atoms with Crippen LogP contribution in [-0.4, -0.2) is 0 Å². The Morgan fingerprint density at radius 2 is 1.17 bits per heavy atom. The molecule has 0 spiro atoms. The summed E-state index contributed by atoms with van der Waals surface area (Å²) in [5.74, 6) is 0.627. The zero-order valence-electron chi connectivity index (χ0n) is 9.09. The van der Waals surface area contributed by atoms with Gasteiger partial charge in [0.05, 0.1) is 10.0 Å². The lowest BCUT2D eigenvalue weighted by molar-refractivity contribution is 1.38. The van der Waals surface area contributed by atoms with Crippen LogP contribution in [0.15, 0.2) is 41.3 Å². The van der Waals surface area contributed by atoms with Crippen LogP contribution < -0.4 is 0 Å². The van der Waals surface area contributed by atoms with E-state index in [1.165, 1.54) is 11.8 Å².